The Bertz CT molecular complexity index is 118. The summed E-state index contributed by atoms with van der Waals surface area (Å²) in [6.45, 7) is 0. The second kappa shape index (κ2) is 5.84. The van der Waals surface area contributed by atoms with E-state index < -0.39 is 0 Å². The summed E-state index contributed by atoms with van der Waals surface area (Å²) in [6, 6.07) is 0. The van der Waals surface area contributed by atoms with Gasteiger partial charge in [0.15, 0.2) is 0 Å². The molecule has 0 amide bonds. The van der Waals surface area contributed by atoms with E-state index in [-0.39, 0.29) is 47.0 Å². The zero-order valence-corrected chi connectivity index (χ0v) is 8.21. The quantitative estimate of drug-likeness (QED) is 0.262. The molecule has 40 valence electrons. The van der Waals surface area contributed by atoms with Crippen molar-refractivity contribution in [3.8, 4) is 0 Å². The Hall–Kier alpha value is 0.706. The molecule has 0 fully saturated rings. The Labute approximate surface area is 81.8 Å². The molecule has 0 radical (unpaired) electrons. The van der Waals surface area contributed by atoms with E-state index in [0.717, 1.165) is 0 Å². The molecule has 0 aliphatic heterocycles. The molecule has 1 heterocycles. The Morgan fingerprint density at radius 1 is 1.62 bits per heavy atom. The standard InChI is InChI=1S/C4H5N2.HI.Mg/c1-6-3-2-5-4-6;;/h2-3H,1H3;1H;/q-1;;+2/p-1. The summed E-state index contributed by atoms with van der Waals surface area (Å²) in [4.78, 5) is 3.66. The van der Waals surface area contributed by atoms with Crippen molar-refractivity contribution in [3.63, 3.8) is 0 Å². The van der Waals surface area contributed by atoms with Gasteiger partial charge in [0.1, 0.15) is 0 Å². The first-order valence-corrected chi connectivity index (χ1v) is 1.74. The molecule has 8 heavy (non-hydrogen) atoms. The molecule has 0 aliphatic carbocycles. The average molecular weight is 232 g/mol. The zero-order valence-electron chi connectivity index (χ0n) is 4.63. The molecule has 0 N–H and O–H groups in total. The van der Waals surface area contributed by atoms with Crippen LogP contribution in [0, 0.1) is 6.33 Å². The van der Waals surface area contributed by atoms with Gasteiger partial charge in [0.25, 0.3) is 0 Å². The van der Waals surface area contributed by atoms with E-state index in [0.29, 0.717) is 0 Å². The van der Waals surface area contributed by atoms with Crippen LogP contribution in [-0.4, -0.2) is 32.6 Å². The molecule has 1 aromatic heterocycles. The second-order valence-electron chi connectivity index (χ2n) is 1.14. The van der Waals surface area contributed by atoms with E-state index in [9.17, 15) is 0 Å². The van der Waals surface area contributed by atoms with Crippen LogP contribution >= 0.6 is 0 Å². The Balaban J connectivity index is 0. The molecule has 0 unspecified atom stereocenters. The third-order valence-corrected chi connectivity index (χ3v) is 0.580. The van der Waals surface area contributed by atoms with E-state index in [2.05, 4.69) is 11.3 Å². The molecular formula is C4H5IMgN2. The summed E-state index contributed by atoms with van der Waals surface area (Å²) in [5.41, 5.74) is 0. The van der Waals surface area contributed by atoms with Crippen molar-refractivity contribution in [2.75, 3.05) is 0 Å². The normalized spacial score (nSPS) is 6.62. The van der Waals surface area contributed by atoms with Gasteiger partial charge in [0.2, 0.25) is 0 Å². The van der Waals surface area contributed by atoms with Crippen molar-refractivity contribution in [2.45, 2.75) is 0 Å². The molecule has 0 aliphatic rings. The number of aromatic nitrogens is 2. The van der Waals surface area contributed by atoms with E-state index in [1.165, 1.54) is 0 Å². The van der Waals surface area contributed by atoms with Crippen molar-refractivity contribution in [1.82, 2.24) is 9.55 Å². The monoisotopic (exact) mass is 232 g/mol. The maximum absolute atomic E-state index is 3.66. The van der Waals surface area contributed by atoms with Gasteiger partial charge in [-0.2, -0.15) is 0 Å². The maximum atomic E-state index is 3.66. The fourth-order valence-electron chi connectivity index (χ4n) is 0.291. The van der Waals surface area contributed by atoms with E-state index >= 15 is 0 Å². The molecule has 0 atom stereocenters. The van der Waals surface area contributed by atoms with Crippen LogP contribution in [0.4, 0.5) is 0 Å². The van der Waals surface area contributed by atoms with Gasteiger partial charge in [-0.3, -0.25) is 0 Å². The van der Waals surface area contributed by atoms with E-state index in [1.807, 2.05) is 13.2 Å². The maximum Gasteiger partial charge on any atom is 2.00 e. The number of hydrogen-bond donors (Lipinski definition) is 0. The van der Waals surface area contributed by atoms with Gasteiger partial charge in [-0.25, -0.2) is 0 Å². The predicted molar refractivity (Wildman–Crippen MR) is 27.8 cm³/mol. The SMILES string of the molecule is Cn1[c-]ncc1.[I-].[Mg+2]. The molecule has 1 rings (SSSR count). The number of nitrogens with zero attached hydrogens (tertiary/aromatic N) is 2. The van der Waals surface area contributed by atoms with Gasteiger partial charge in [-0.05, 0) is 7.05 Å². The third-order valence-electron chi connectivity index (χ3n) is 0.580. The summed E-state index contributed by atoms with van der Waals surface area (Å²) >= 11 is 0. The van der Waals surface area contributed by atoms with Crippen LogP contribution in [0.15, 0.2) is 12.4 Å². The number of imidazole rings is 1. The van der Waals surface area contributed by atoms with E-state index in [1.54, 1.807) is 10.8 Å². The fourth-order valence-corrected chi connectivity index (χ4v) is 0.291. The number of aryl methyl sites for hydroxylation is 1. The summed E-state index contributed by atoms with van der Waals surface area (Å²) in [5, 5.41) is 0. The summed E-state index contributed by atoms with van der Waals surface area (Å²) < 4.78 is 1.76. The van der Waals surface area contributed by atoms with Crippen LogP contribution in [0.1, 0.15) is 0 Å². The van der Waals surface area contributed by atoms with Crippen LogP contribution < -0.4 is 24.0 Å². The van der Waals surface area contributed by atoms with Gasteiger partial charge in [-0.15, -0.1) is 12.4 Å². The summed E-state index contributed by atoms with van der Waals surface area (Å²) in [6.07, 6.45) is 6.19. The van der Waals surface area contributed by atoms with Crippen molar-refractivity contribution < 1.29 is 24.0 Å². The van der Waals surface area contributed by atoms with Gasteiger partial charge in [0, 0.05) is 6.33 Å². The molecular weight excluding hydrogens is 227 g/mol. The molecule has 0 saturated heterocycles. The second-order valence-corrected chi connectivity index (χ2v) is 1.14. The summed E-state index contributed by atoms with van der Waals surface area (Å²) in [5.74, 6) is 0. The first-order chi connectivity index (χ1) is 2.89. The summed E-state index contributed by atoms with van der Waals surface area (Å²) in [7, 11) is 1.88. The minimum atomic E-state index is 0. The van der Waals surface area contributed by atoms with Gasteiger partial charge in [0.05, 0.1) is 0 Å². The first-order valence-electron chi connectivity index (χ1n) is 1.74. The first kappa shape index (κ1) is 11.5. The molecule has 0 aromatic carbocycles. The third kappa shape index (κ3) is 3.68. The van der Waals surface area contributed by atoms with Crippen molar-refractivity contribution >= 4 is 23.1 Å². The van der Waals surface area contributed by atoms with Gasteiger partial charge < -0.3 is 33.5 Å². The topological polar surface area (TPSA) is 17.8 Å². The smallest absolute Gasteiger partial charge is 1.00 e. The molecule has 4 heteroatoms. The van der Waals surface area contributed by atoms with Crippen molar-refractivity contribution in [3.05, 3.63) is 18.7 Å². The van der Waals surface area contributed by atoms with Crippen LogP contribution in [0.5, 0.6) is 0 Å². The Morgan fingerprint density at radius 2 is 2.25 bits per heavy atom. The largest absolute Gasteiger partial charge is 2.00 e. The van der Waals surface area contributed by atoms with Crippen LogP contribution in [0.25, 0.3) is 0 Å². The van der Waals surface area contributed by atoms with Crippen LogP contribution in [0.3, 0.4) is 0 Å². The van der Waals surface area contributed by atoms with Gasteiger partial charge in [-0.1, -0.05) is 0 Å². The molecule has 0 bridgehead atoms. The average Bonchev–Trinajstić information content (AvgIpc) is 1.86. The number of hydrogen-bond acceptors (Lipinski definition) is 1. The van der Waals surface area contributed by atoms with Gasteiger partial charge >= 0.3 is 23.1 Å². The predicted octanol–water partition coefficient (Wildman–Crippen LogP) is -3.16. The Morgan fingerprint density at radius 3 is 2.38 bits per heavy atom. The van der Waals surface area contributed by atoms with Crippen molar-refractivity contribution in [1.29, 1.82) is 0 Å². The molecule has 0 saturated carbocycles. The fraction of sp³-hybridized carbons (Fsp3) is 0.250. The number of halogens is 1. The Kier molecular flexibility index (Phi) is 8.39. The van der Waals surface area contributed by atoms with Crippen LogP contribution in [0.2, 0.25) is 0 Å². The minimum absolute atomic E-state index is 0. The molecule has 2 nitrogen and oxygen atoms in total. The zero-order chi connectivity index (χ0) is 4.41. The minimum Gasteiger partial charge on any atom is -1.00 e. The van der Waals surface area contributed by atoms with Crippen LogP contribution in [-0.2, 0) is 7.05 Å². The molecule has 1 aromatic rings. The van der Waals surface area contributed by atoms with Crippen molar-refractivity contribution in [2.24, 2.45) is 7.05 Å². The number of rotatable bonds is 0. The van der Waals surface area contributed by atoms with E-state index in [4.69, 9.17) is 0 Å². The molecule has 0 spiro atoms.